The average Bonchev–Trinajstić information content (AvgIpc) is 2.98. The Morgan fingerprint density at radius 1 is 1.30 bits per heavy atom. The van der Waals surface area contributed by atoms with E-state index in [1.165, 1.54) is 4.90 Å². The lowest BCUT2D eigenvalue weighted by Gasteiger charge is -2.46. The Kier molecular flexibility index (Phi) is 4.05. The van der Waals surface area contributed by atoms with Crippen LogP contribution in [0.25, 0.3) is 11.3 Å². The summed E-state index contributed by atoms with van der Waals surface area (Å²) >= 11 is 0. The number of carbonyl (C=O) groups is 1. The van der Waals surface area contributed by atoms with Gasteiger partial charge in [-0.25, -0.2) is 9.98 Å². The fraction of sp³-hybridized carbons (Fsp3) is 0.364. The molecule has 30 heavy (non-hydrogen) atoms. The Morgan fingerprint density at radius 3 is 2.87 bits per heavy atom. The predicted octanol–water partition coefficient (Wildman–Crippen LogP) is 1.93. The van der Waals surface area contributed by atoms with Crippen molar-refractivity contribution in [2.45, 2.75) is 30.4 Å². The normalized spacial score (nSPS) is 27.5. The molecule has 2 N–H and O–H groups in total. The van der Waals surface area contributed by atoms with E-state index >= 15 is 0 Å². The van der Waals surface area contributed by atoms with Crippen LogP contribution in [0.4, 0.5) is 0 Å². The highest BCUT2D eigenvalue weighted by Gasteiger charge is 2.58. The summed E-state index contributed by atoms with van der Waals surface area (Å²) in [5, 5.41) is 9.18. The van der Waals surface area contributed by atoms with Gasteiger partial charge in [-0.3, -0.25) is 9.69 Å². The van der Waals surface area contributed by atoms with Crippen molar-refractivity contribution in [1.29, 1.82) is 5.26 Å². The lowest BCUT2D eigenvalue weighted by atomic mass is 9.74. The number of hydrogen-bond donors (Lipinski definition) is 1. The number of carbonyl (C=O) groups excluding carboxylic acids is 1. The van der Waals surface area contributed by atoms with E-state index in [9.17, 15) is 10.1 Å². The Hall–Kier alpha value is -3.44. The van der Waals surface area contributed by atoms with E-state index in [4.69, 9.17) is 15.2 Å². The molecule has 1 saturated heterocycles. The van der Waals surface area contributed by atoms with Gasteiger partial charge in [0.25, 0.3) is 5.91 Å². The molecule has 5 rings (SSSR count). The van der Waals surface area contributed by atoms with Gasteiger partial charge in [0.2, 0.25) is 0 Å². The van der Waals surface area contributed by atoms with Gasteiger partial charge in [-0.2, -0.15) is 5.26 Å². The van der Waals surface area contributed by atoms with Crippen molar-refractivity contribution >= 4 is 11.9 Å². The van der Waals surface area contributed by atoms with E-state index in [0.717, 1.165) is 18.4 Å². The molecule has 1 aromatic carbocycles. The van der Waals surface area contributed by atoms with Crippen molar-refractivity contribution in [3.8, 4) is 23.1 Å². The van der Waals surface area contributed by atoms with Gasteiger partial charge in [-0.1, -0.05) is 6.07 Å². The monoisotopic (exact) mass is 403 g/mol. The largest absolute Gasteiger partial charge is 0.484 e. The Labute approximate surface area is 173 Å². The molecule has 8 nitrogen and oxygen atoms in total. The summed E-state index contributed by atoms with van der Waals surface area (Å²) in [7, 11) is 1.64. The molecule has 2 spiro atoms. The second-order valence-corrected chi connectivity index (χ2v) is 8.04. The minimum atomic E-state index is -1.16. The predicted molar refractivity (Wildman–Crippen MR) is 108 cm³/mol. The highest BCUT2D eigenvalue weighted by Crippen LogP contribution is 2.51. The number of guanidine groups is 1. The maximum Gasteiger partial charge on any atom is 0.261 e. The first-order valence-electron chi connectivity index (χ1n) is 9.89. The molecule has 1 aromatic heterocycles. The van der Waals surface area contributed by atoms with E-state index in [0.29, 0.717) is 42.3 Å². The number of likely N-dealkylation sites (N-methyl/N-ethyl adjacent to an activating group) is 1. The van der Waals surface area contributed by atoms with Crippen molar-refractivity contribution in [2.75, 3.05) is 20.3 Å². The molecular weight excluding hydrogens is 382 g/mol. The summed E-state index contributed by atoms with van der Waals surface area (Å²) in [6, 6.07) is 12.9. The SMILES string of the molecule is CN1C(=O)C2(CC3(CCCOC3)Oc3ccc(-c4cccc(C#N)n4)cc32)N=C1N. The van der Waals surface area contributed by atoms with E-state index in [-0.39, 0.29) is 11.9 Å². The molecule has 0 bridgehead atoms. The maximum atomic E-state index is 13.4. The zero-order valence-corrected chi connectivity index (χ0v) is 16.6. The first-order chi connectivity index (χ1) is 14.5. The second kappa shape index (κ2) is 6.54. The van der Waals surface area contributed by atoms with Gasteiger partial charge in [-0.05, 0) is 43.2 Å². The maximum absolute atomic E-state index is 13.4. The van der Waals surface area contributed by atoms with Gasteiger partial charge in [0.05, 0.1) is 12.3 Å². The number of hydrogen-bond acceptors (Lipinski definition) is 7. The molecule has 152 valence electrons. The number of fused-ring (bicyclic) bond motifs is 2. The van der Waals surface area contributed by atoms with E-state index < -0.39 is 11.1 Å². The van der Waals surface area contributed by atoms with Crippen LogP contribution in [0.3, 0.4) is 0 Å². The number of nitrogens with two attached hydrogens (primary N) is 1. The molecule has 2 aromatic rings. The smallest absolute Gasteiger partial charge is 0.261 e. The fourth-order valence-electron chi connectivity index (χ4n) is 4.63. The van der Waals surface area contributed by atoms with Crippen LogP contribution >= 0.6 is 0 Å². The lowest BCUT2D eigenvalue weighted by Crippen LogP contribution is -2.55. The quantitative estimate of drug-likeness (QED) is 0.778. The summed E-state index contributed by atoms with van der Waals surface area (Å²) in [4.78, 5) is 23.8. The van der Waals surface area contributed by atoms with Crippen molar-refractivity contribution in [1.82, 2.24) is 9.88 Å². The highest BCUT2D eigenvalue weighted by atomic mass is 16.5. The molecule has 0 radical (unpaired) electrons. The third-order valence-electron chi connectivity index (χ3n) is 6.08. The number of amides is 1. The van der Waals surface area contributed by atoms with Crippen LogP contribution in [0.1, 0.15) is 30.5 Å². The molecule has 4 heterocycles. The number of nitrogens with zero attached hydrogens (tertiary/aromatic N) is 4. The molecule has 0 saturated carbocycles. The summed E-state index contributed by atoms with van der Waals surface area (Å²) in [5.74, 6) is 0.618. The van der Waals surface area contributed by atoms with Crippen LogP contribution in [-0.2, 0) is 15.1 Å². The summed E-state index contributed by atoms with van der Waals surface area (Å²) < 4.78 is 12.1. The fourth-order valence-corrected chi connectivity index (χ4v) is 4.63. The van der Waals surface area contributed by atoms with Crippen LogP contribution < -0.4 is 10.5 Å². The number of nitriles is 1. The van der Waals surface area contributed by atoms with Crippen LogP contribution in [0.5, 0.6) is 5.75 Å². The van der Waals surface area contributed by atoms with Crippen molar-refractivity contribution in [3.63, 3.8) is 0 Å². The molecule has 0 aliphatic carbocycles. The van der Waals surface area contributed by atoms with Crippen LogP contribution in [-0.4, -0.2) is 47.6 Å². The molecule has 1 amide bonds. The van der Waals surface area contributed by atoms with Gasteiger partial charge in [0, 0.05) is 31.2 Å². The van der Waals surface area contributed by atoms with Crippen LogP contribution in [0.2, 0.25) is 0 Å². The lowest BCUT2D eigenvalue weighted by molar-refractivity contribution is -0.139. The van der Waals surface area contributed by atoms with E-state index in [2.05, 4.69) is 16.0 Å². The molecule has 1 fully saturated rings. The third-order valence-corrected chi connectivity index (χ3v) is 6.08. The Bertz CT molecular complexity index is 1120. The van der Waals surface area contributed by atoms with E-state index in [1.54, 1.807) is 19.2 Å². The number of aromatic nitrogens is 1. The number of benzene rings is 1. The average molecular weight is 403 g/mol. The molecule has 8 heteroatoms. The Balaban J connectivity index is 1.68. The van der Waals surface area contributed by atoms with Crippen LogP contribution in [0, 0.1) is 11.3 Å². The minimum absolute atomic E-state index is 0.176. The molecule has 2 unspecified atom stereocenters. The number of aliphatic imine (C=N–C) groups is 1. The first kappa shape index (κ1) is 18.6. The van der Waals surface area contributed by atoms with Crippen molar-refractivity contribution < 1.29 is 14.3 Å². The molecule has 3 aliphatic heterocycles. The zero-order chi connectivity index (χ0) is 20.9. The number of rotatable bonds is 1. The van der Waals surface area contributed by atoms with Crippen LogP contribution in [0.15, 0.2) is 41.4 Å². The summed E-state index contributed by atoms with van der Waals surface area (Å²) in [6.07, 6.45) is 2.01. The first-order valence-corrected chi connectivity index (χ1v) is 9.89. The van der Waals surface area contributed by atoms with Crippen molar-refractivity contribution in [2.24, 2.45) is 10.7 Å². The Morgan fingerprint density at radius 2 is 2.17 bits per heavy atom. The van der Waals surface area contributed by atoms with Gasteiger partial charge in [0.15, 0.2) is 11.5 Å². The molecule has 2 atom stereocenters. The molecular formula is C22H21N5O3. The van der Waals surface area contributed by atoms with Gasteiger partial charge >= 0.3 is 0 Å². The van der Waals surface area contributed by atoms with E-state index in [1.807, 2.05) is 24.3 Å². The second-order valence-electron chi connectivity index (χ2n) is 8.04. The summed E-state index contributed by atoms with van der Waals surface area (Å²) in [5.41, 5.74) is 6.71. The third kappa shape index (κ3) is 2.66. The summed E-state index contributed by atoms with van der Waals surface area (Å²) in [6.45, 7) is 1.10. The van der Waals surface area contributed by atoms with Gasteiger partial charge in [0.1, 0.15) is 23.1 Å². The molecule has 3 aliphatic rings. The number of ether oxygens (including phenoxy) is 2. The van der Waals surface area contributed by atoms with Gasteiger partial charge in [-0.15, -0.1) is 0 Å². The van der Waals surface area contributed by atoms with Crippen molar-refractivity contribution in [3.05, 3.63) is 47.7 Å². The zero-order valence-electron chi connectivity index (χ0n) is 16.6. The standard InChI is InChI=1S/C22H21N5O3/c1-27-19(28)22(26-20(27)24)12-21(8-3-9-29-13-21)30-18-7-6-14(10-16(18)22)17-5-2-4-15(11-23)25-17/h2,4-7,10H,3,8-9,12-13H2,1H3,(H2,24,26). The minimum Gasteiger partial charge on any atom is -0.484 e. The highest BCUT2D eigenvalue weighted by molar-refractivity contribution is 6.07. The number of pyridine rings is 1. The van der Waals surface area contributed by atoms with Gasteiger partial charge < -0.3 is 15.2 Å². The topological polar surface area (TPSA) is 114 Å².